The van der Waals surface area contributed by atoms with Gasteiger partial charge < -0.3 is 10.5 Å². The summed E-state index contributed by atoms with van der Waals surface area (Å²) >= 11 is 0. The number of carbonyl (C=O) groups is 1. The highest BCUT2D eigenvalue weighted by atomic mass is 16.5. The van der Waals surface area contributed by atoms with Crippen molar-refractivity contribution in [2.45, 2.75) is 18.8 Å². The van der Waals surface area contributed by atoms with Crippen LogP contribution in [0.15, 0.2) is 6.58 Å². The summed E-state index contributed by atoms with van der Waals surface area (Å²) in [6.07, 6.45) is 3.57. The van der Waals surface area contributed by atoms with E-state index in [1.165, 1.54) is 13.2 Å². The van der Waals surface area contributed by atoms with Crippen LogP contribution in [0.2, 0.25) is 0 Å². The van der Waals surface area contributed by atoms with Crippen LogP contribution in [-0.2, 0) is 4.74 Å². The van der Waals surface area contributed by atoms with Crippen LogP contribution in [0, 0.1) is 0 Å². The van der Waals surface area contributed by atoms with E-state index in [0.717, 1.165) is 12.8 Å². The third kappa shape index (κ3) is 1.76. The van der Waals surface area contributed by atoms with Gasteiger partial charge in [-0.2, -0.15) is 0 Å². The van der Waals surface area contributed by atoms with Crippen LogP contribution in [-0.4, -0.2) is 23.0 Å². The highest BCUT2D eigenvalue weighted by Gasteiger charge is 2.29. The summed E-state index contributed by atoms with van der Waals surface area (Å²) in [6, 6.07) is 0. The molecule has 1 aliphatic carbocycles. The SMILES string of the molecule is C=Cc1c(N)nc(C2CC2)nc1C(=O)OC. The van der Waals surface area contributed by atoms with Gasteiger partial charge in [0.1, 0.15) is 11.6 Å². The van der Waals surface area contributed by atoms with Crippen molar-refractivity contribution in [3.8, 4) is 0 Å². The molecule has 5 nitrogen and oxygen atoms in total. The molecule has 1 fully saturated rings. The molecule has 1 aromatic rings. The molecule has 2 rings (SSSR count). The fraction of sp³-hybridized carbons (Fsp3) is 0.364. The lowest BCUT2D eigenvalue weighted by Crippen LogP contribution is -2.12. The van der Waals surface area contributed by atoms with Gasteiger partial charge in [0.25, 0.3) is 0 Å². The molecule has 1 saturated carbocycles. The second kappa shape index (κ2) is 3.92. The number of carbonyl (C=O) groups excluding carboxylic acids is 1. The summed E-state index contributed by atoms with van der Waals surface area (Å²) in [5.41, 5.74) is 6.40. The van der Waals surface area contributed by atoms with Gasteiger partial charge in [0.2, 0.25) is 0 Å². The lowest BCUT2D eigenvalue weighted by atomic mass is 10.2. The first-order valence-corrected chi connectivity index (χ1v) is 5.05. The van der Waals surface area contributed by atoms with Gasteiger partial charge >= 0.3 is 5.97 Å². The maximum Gasteiger partial charge on any atom is 0.357 e. The molecular formula is C11H13N3O2. The van der Waals surface area contributed by atoms with Crippen LogP contribution < -0.4 is 5.73 Å². The second-order valence-corrected chi connectivity index (χ2v) is 3.70. The Morgan fingerprint density at radius 2 is 2.25 bits per heavy atom. The molecule has 0 aliphatic heterocycles. The van der Waals surface area contributed by atoms with Crippen molar-refractivity contribution in [1.29, 1.82) is 0 Å². The lowest BCUT2D eigenvalue weighted by molar-refractivity contribution is 0.0593. The largest absolute Gasteiger partial charge is 0.464 e. The first-order chi connectivity index (χ1) is 7.67. The summed E-state index contributed by atoms with van der Waals surface area (Å²) in [7, 11) is 1.31. The predicted molar refractivity (Wildman–Crippen MR) is 59.8 cm³/mol. The number of hydrogen-bond acceptors (Lipinski definition) is 5. The van der Waals surface area contributed by atoms with Gasteiger partial charge in [-0.15, -0.1) is 0 Å². The average Bonchev–Trinajstić information content (AvgIpc) is 3.10. The number of nitrogens with zero attached hydrogens (tertiary/aromatic N) is 2. The maximum atomic E-state index is 11.5. The van der Waals surface area contributed by atoms with Gasteiger partial charge in [-0.05, 0) is 12.8 Å². The van der Waals surface area contributed by atoms with Crippen molar-refractivity contribution in [1.82, 2.24) is 9.97 Å². The molecule has 0 radical (unpaired) electrons. The highest BCUT2D eigenvalue weighted by Crippen LogP contribution is 2.38. The van der Waals surface area contributed by atoms with Crippen molar-refractivity contribution >= 4 is 17.9 Å². The molecule has 0 saturated heterocycles. The number of anilines is 1. The summed E-state index contributed by atoms with van der Waals surface area (Å²) in [5, 5.41) is 0. The lowest BCUT2D eigenvalue weighted by Gasteiger charge is -2.08. The molecule has 1 aliphatic rings. The Hall–Kier alpha value is -1.91. The van der Waals surface area contributed by atoms with Crippen LogP contribution in [0.5, 0.6) is 0 Å². The molecule has 0 atom stereocenters. The zero-order valence-electron chi connectivity index (χ0n) is 9.06. The maximum absolute atomic E-state index is 11.5. The molecule has 5 heteroatoms. The van der Waals surface area contributed by atoms with Crippen LogP contribution in [0.3, 0.4) is 0 Å². The van der Waals surface area contributed by atoms with E-state index in [4.69, 9.17) is 5.73 Å². The fourth-order valence-electron chi connectivity index (χ4n) is 1.48. The number of nitrogens with two attached hydrogens (primary N) is 1. The molecule has 0 spiro atoms. The van der Waals surface area contributed by atoms with E-state index in [1.807, 2.05) is 0 Å². The van der Waals surface area contributed by atoms with Gasteiger partial charge in [-0.1, -0.05) is 12.7 Å². The number of aromatic nitrogens is 2. The van der Waals surface area contributed by atoms with Gasteiger partial charge in [-0.3, -0.25) is 0 Å². The zero-order chi connectivity index (χ0) is 11.7. The molecule has 1 heterocycles. The summed E-state index contributed by atoms with van der Waals surface area (Å²) in [5.74, 6) is 0.742. The molecule has 84 valence electrons. The number of nitrogen functional groups attached to an aromatic ring is 1. The highest BCUT2D eigenvalue weighted by molar-refractivity contribution is 5.93. The van der Waals surface area contributed by atoms with Crippen LogP contribution >= 0.6 is 0 Å². The minimum Gasteiger partial charge on any atom is -0.464 e. The van der Waals surface area contributed by atoms with Gasteiger partial charge in [0.15, 0.2) is 5.69 Å². The van der Waals surface area contributed by atoms with Gasteiger partial charge in [0, 0.05) is 11.5 Å². The summed E-state index contributed by atoms with van der Waals surface area (Å²) in [6.45, 7) is 3.59. The van der Waals surface area contributed by atoms with E-state index in [2.05, 4.69) is 21.3 Å². The monoisotopic (exact) mass is 219 g/mol. The molecular weight excluding hydrogens is 206 g/mol. The van der Waals surface area contributed by atoms with Crippen molar-refractivity contribution in [2.24, 2.45) is 0 Å². The Balaban J connectivity index is 2.53. The molecule has 2 N–H and O–H groups in total. The summed E-state index contributed by atoms with van der Waals surface area (Å²) < 4.78 is 4.66. The number of rotatable bonds is 3. The Kier molecular flexibility index (Phi) is 2.60. The predicted octanol–water partition coefficient (Wildman–Crippen LogP) is 1.37. The molecule has 16 heavy (non-hydrogen) atoms. The van der Waals surface area contributed by atoms with E-state index >= 15 is 0 Å². The van der Waals surface area contributed by atoms with Crippen LogP contribution in [0.25, 0.3) is 6.08 Å². The molecule has 0 unspecified atom stereocenters. The third-order valence-electron chi connectivity index (χ3n) is 2.52. The van der Waals surface area contributed by atoms with Crippen molar-refractivity contribution in [3.63, 3.8) is 0 Å². The van der Waals surface area contributed by atoms with Crippen molar-refractivity contribution in [3.05, 3.63) is 23.7 Å². The quantitative estimate of drug-likeness (QED) is 0.777. The fourth-order valence-corrected chi connectivity index (χ4v) is 1.48. The number of esters is 1. The van der Waals surface area contributed by atoms with E-state index in [1.54, 1.807) is 0 Å². The van der Waals surface area contributed by atoms with Crippen molar-refractivity contribution in [2.75, 3.05) is 12.8 Å². The van der Waals surface area contributed by atoms with Crippen LogP contribution in [0.4, 0.5) is 5.82 Å². The van der Waals surface area contributed by atoms with Crippen molar-refractivity contribution < 1.29 is 9.53 Å². The Morgan fingerprint density at radius 3 is 2.75 bits per heavy atom. The van der Waals surface area contributed by atoms with Crippen LogP contribution in [0.1, 0.15) is 40.6 Å². The second-order valence-electron chi connectivity index (χ2n) is 3.70. The molecule has 0 aromatic carbocycles. The smallest absolute Gasteiger partial charge is 0.357 e. The topological polar surface area (TPSA) is 78.1 Å². The van der Waals surface area contributed by atoms with Gasteiger partial charge in [-0.25, -0.2) is 14.8 Å². The van der Waals surface area contributed by atoms with E-state index < -0.39 is 5.97 Å². The van der Waals surface area contributed by atoms with E-state index in [-0.39, 0.29) is 11.5 Å². The average molecular weight is 219 g/mol. The molecule has 1 aromatic heterocycles. The Labute approximate surface area is 93.3 Å². The van der Waals surface area contributed by atoms with Gasteiger partial charge in [0.05, 0.1) is 7.11 Å². The standard InChI is InChI=1S/C11H13N3O2/c1-3-7-8(11(15)16-2)13-10(6-4-5-6)14-9(7)12/h3,6H,1,4-5H2,2H3,(H2,12,13,14). The minimum atomic E-state index is -0.508. The number of ether oxygens (including phenoxy) is 1. The zero-order valence-corrected chi connectivity index (χ0v) is 9.06. The summed E-state index contributed by atoms with van der Waals surface area (Å²) in [4.78, 5) is 19.9. The van der Waals surface area contributed by atoms with E-state index in [0.29, 0.717) is 17.3 Å². The molecule has 0 amide bonds. The van der Waals surface area contributed by atoms with E-state index in [9.17, 15) is 4.79 Å². The third-order valence-corrected chi connectivity index (χ3v) is 2.52. The first-order valence-electron chi connectivity index (χ1n) is 5.05. The number of methoxy groups -OCH3 is 1. The molecule has 0 bridgehead atoms. The number of hydrogen-bond donors (Lipinski definition) is 1. The normalized spacial score (nSPS) is 14.6. The first kappa shape index (κ1) is 10.6. The Morgan fingerprint density at radius 1 is 1.56 bits per heavy atom. The Bertz CT molecular complexity index is 453. The minimum absolute atomic E-state index is 0.201.